The fraction of sp³-hybridized carbons (Fsp3) is 0.556. The van der Waals surface area contributed by atoms with E-state index in [9.17, 15) is 19.4 Å². The molecule has 0 spiro atoms. The van der Waals surface area contributed by atoms with E-state index >= 15 is 0 Å². The van der Waals surface area contributed by atoms with E-state index < -0.39 is 48.5 Å². The molecule has 5 N–H and O–H groups in total. The first-order valence-electron chi connectivity index (χ1n) is 5.30. The van der Waals surface area contributed by atoms with Crippen molar-refractivity contribution >= 4 is 5.82 Å². The zero-order chi connectivity index (χ0) is 14.2. The maximum atomic E-state index is 13.8. The Balaban J connectivity index is 2.38. The number of halogens is 1. The summed E-state index contributed by atoms with van der Waals surface area (Å²) in [7, 11) is 0. The van der Waals surface area contributed by atoms with Crippen LogP contribution in [0.2, 0.25) is 0 Å². The van der Waals surface area contributed by atoms with Crippen LogP contribution in [0.15, 0.2) is 11.0 Å². The van der Waals surface area contributed by atoms with Crippen molar-refractivity contribution in [2.45, 2.75) is 24.6 Å². The topological polar surface area (TPSA) is 137 Å². The SMILES string of the molecule is O=c1nc(NO)c(O)cn1[C@H]1O[C@@H](CO)[C@@H](O)C1F. The molecule has 1 saturated heterocycles. The Morgan fingerprint density at radius 2 is 2.26 bits per heavy atom. The highest BCUT2D eigenvalue weighted by Crippen LogP contribution is 2.31. The van der Waals surface area contributed by atoms with Crippen LogP contribution in [0.25, 0.3) is 0 Å². The van der Waals surface area contributed by atoms with Gasteiger partial charge >= 0.3 is 5.69 Å². The molecule has 4 atom stereocenters. The fourth-order valence-electron chi connectivity index (χ4n) is 1.80. The molecule has 0 saturated carbocycles. The van der Waals surface area contributed by atoms with E-state index in [1.54, 1.807) is 0 Å². The minimum Gasteiger partial charge on any atom is -0.503 e. The van der Waals surface area contributed by atoms with Crippen molar-refractivity contribution < 1.29 is 29.7 Å². The third-order valence-corrected chi connectivity index (χ3v) is 2.79. The third kappa shape index (κ3) is 2.26. The van der Waals surface area contributed by atoms with Crippen LogP contribution in [0, 0.1) is 0 Å². The zero-order valence-electron chi connectivity index (χ0n) is 9.47. The maximum Gasteiger partial charge on any atom is 0.352 e. The summed E-state index contributed by atoms with van der Waals surface area (Å²) in [5.41, 5.74) is 0.489. The van der Waals surface area contributed by atoms with E-state index in [0.29, 0.717) is 4.57 Å². The summed E-state index contributed by atoms with van der Waals surface area (Å²) in [6, 6.07) is 0. The molecule has 1 aliphatic heterocycles. The summed E-state index contributed by atoms with van der Waals surface area (Å²) in [6.07, 6.45) is -5.46. The number of aliphatic hydroxyl groups is 2. The van der Waals surface area contributed by atoms with Crippen LogP contribution in [0.4, 0.5) is 10.2 Å². The van der Waals surface area contributed by atoms with Gasteiger partial charge < -0.3 is 20.1 Å². The van der Waals surface area contributed by atoms with Crippen LogP contribution in [0.5, 0.6) is 5.75 Å². The molecule has 0 radical (unpaired) electrons. The van der Waals surface area contributed by atoms with E-state index in [0.717, 1.165) is 6.20 Å². The molecule has 19 heavy (non-hydrogen) atoms. The number of nitrogens with one attached hydrogen (secondary N) is 1. The summed E-state index contributed by atoms with van der Waals surface area (Å²) in [4.78, 5) is 14.8. The van der Waals surface area contributed by atoms with E-state index in [2.05, 4.69) is 4.98 Å². The highest BCUT2D eigenvalue weighted by atomic mass is 19.1. The van der Waals surface area contributed by atoms with Gasteiger partial charge in [-0.3, -0.25) is 9.77 Å². The molecule has 1 unspecified atom stereocenters. The van der Waals surface area contributed by atoms with Gasteiger partial charge in [-0.05, 0) is 0 Å². The minimum atomic E-state index is -1.97. The van der Waals surface area contributed by atoms with Gasteiger partial charge in [0.25, 0.3) is 0 Å². The molecule has 0 aromatic carbocycles. The lowest BCUT2D eigenvalue weighted by Crippen LogP contribution is -2.33. The molecule has 2 rings (SSSR count). The van der Waals surface area contributed by atoms with Crippen LogP contribution in [0.1, 0.15) is 6.23 Å². The summed E-state index contributed by atoms with van der Waals surface area (Å²) >= 11 is 0. The Labute approximate surface area is 105 Å². The lowest BCUT2D eigenvalue weighted by atomic mass is 10.1. The molecule has 10 heteroatoms. The van der Waals surface area contributed by atoms with Crippen molar-refractivity contribution in [3.05, 3.63) is 16.7 Å². The van der Waals surface area contributed by atoms with E-state index in [1.807, 2.05) is 0 Å². The number of hydrogen-bond acceptors (Lipinski definition) is 8. The molecule has 0 aliphatic carbocycles. The van der Waals surface area contributed by atoms with Gasteiger partial charge in [0.2, 0.25) is 0 Å². The molecule has 1 aromatic rings. The van der Waals surface area contributed by atoms with Gasteiger partial charge in [0.1, 0.15) is 12.2 Å². The predicted octanol–water partition coefficient (Wildman–Crippen LogP) is -1.66. The van der Waals surface area contributed by atoms with Crippen molar-refractivity contribution in [1.29, 1.82) is 0 Å². The van der Waals surface area contributed by atoms with Gasteiger partial charge in [0.15, 0.2) is 24.0 Å². The lowest BCUT2D eigenvalue weighted by molar-refractivity contribution is -0.0492. The summed E-state index contributed by atoms with van der Waals surface area (Å²) < 4.78 is 19.4. The Hall–Kier alpha value is -1.75. The predicted molar refractivity (Wildman–Crippen MR) is 57.5 cm³/mol. The second kappa shape index (κ2) is 5.09. The van der Waals surface area contributed by atoms with Crippen LogP contribution in [-0.4, -0.2) is 55.1 Å². The second-order valence-electron chi connectivity index (χ2n) is 3.96. The molecule has 1 fully saturated rings. The van der Waals surface area contributed by atoms with Gasteiger partial charge in [-0.25, -0.2) is 14.7 Å². The summed E-state index contributed by atoms with van der Waals surface area (Å²) in [6.45, 7) is -0.622. The van der Waals surface area contributed by atoms with E-state index in [4.69, 9.17) is 15.1 Å². The van der Waals surface area contributed by atoms with Crippen molar-refractivity contribution in [2.24, 2.45) is 0 Å². The van der Waals surface area contributed by atoms with E-state index in [-0.39, 0.29) is 0 Å². The Morgan fingerprint density at radius 3 is 2.79 bits per heavy atom. The Kier molecular flexibility index (Phi) is 3.66. The number of anilines is 1. The van der Waals surface area contributed by atoms with E-state index in [1.165, 1.54) is 5.48 Å². The van der Waals surface area contributed by atoms with Crippen molar-refractivity contribution in [2.75, 3.05) is 12.1 Å². The van der Waals surface area contributed by atoms with Gasteiger partial charge in [0, 0.05) is 0 Å². The van der Waals surface area contributed by atoms with Crippen LogP contribution in [-0.2, 0) is 4.74 Å². The smallest absolute Gasteiger partial charge is 0.352 e. The molecule has 1 aromatic heterocycles. The molecule has 1 aliphatic rings. The average molecular weight is 277 g/mol. The number of ether oxygens (including phenoxy) is 1. The molecule has 106 valence electrons. The number of alkyl halides is 1. The Bertz CT molecular complexity index is 523. The first-order chi connectivity index (χ1) is 8.99. The minimum absolute atomic E-state index is 0.492. The highest BCUT2D eigenvalue weighted by Gasteiger charge is 2.45. The standard InChI is InChI=1S/C9H12FN3O6/c10-5-6(16)4(2-14)19-8(5)13-1-3(15)7(12-18)11-9(13)17/h1,4-6,8,14-16,18H,2H2,(H,11,12,17)/t4-,5?,6+,8-/m0/s1. The first kappa shape index (κ1) is 13.7. The largest absolute Gasteiger partial charge is 0.503 e. The van der Waals surface area contributed by atoms with Gasteiger partial charge in [-0.2, -0.15) is 4.98 Å². The quantitative estimate of drug-likeness (QED) is 0.414. The number of aromatic nitrogens is 2. The number of aliphatic hydroxyl groups excluding tert-OH is 2. The lowest BCUT2D eigenvalue weighted by Gasteiger charge is -2.16. The fourth-order valence-corrected chi connectivity index (χ4v) is 1.80. The molecule has 9 nitrogen and oxygen atoms in total. The molecule has 0 amide bonds. The second-order valence-corrected chi connectivity index (χ2v) is 3.96. The molecule has 0 bridgehead atoms. The number of hydrogen-bond donors (Lipinski definition) is 5. The monoisotopic (exact) mass is 277 g/mol. The number of rotatable bonds is 3. The van der Waals surface area contributed by atoms with Gasteiger partial charge in [-0.15, -0.1) is 0 Å². The van der Waals surface area contributed by atoms with Crippen molar-refractivity contribution in [3.8, 4) is 5.75 Å². The average Bonchev–Trinajstić information content (AvgIpc) is 2.68. The summed E-state index contributed by atoms with van der Waals surface area (Å²) in [5.74, 6) is -1.10. The van der Waals surface area contributed by atoms with Crippen LogP contribution >= 0.6 is 0 Å². The zero-order valence-corrected chi connectivity index (χ0v) is 9.47. The first-order valence-corrected chi connectivity index (χ1v) is 5.30. The molecular formula is C9H12FN3O6. The van der Waals surface area contributed by atoms with Crippen LogP contribution < -0.4 is 11.2 Å². The number of nitrogens with zero attached hydrogens (tertiary/aromatic N) is 2. The van der Waals surface area contributed by atoms with Crippen molar-refractivity contribution in [3.63, 3.8) is 0 Å². The number of aromatic hydroxyl groups is 1. The van der Waals surface area contributed by atoms with Gasteiger partial charge in [0.05, 0.1) is 12.8 Å². The Morgan fingerprint density at radius 1 is 1.58 bits per heavy atom. The normalized spacial score (nSPS) is 30.5. The molecular weight excluding hydrogens is 265 g/mol. The summed E-state index contributed by atoms with van der Waals surface area (Å²) in [5, 5.41) is 36.3. The van der Waals surface area contributed by atoms with Crippen molar-refractivity contribution in [1.82, 2.24) is 9.55 Å². The maximum absolute atomic E-state index is 13.8. The highest BCUT2D eigenvalue weighted by molar-refractivity contribution is 5.44. The van der Waals surface area contributed by atoms with Gasteiger partial charge in [-0.1, -0.05) is 0 Å². The molecule has 2 heterocycles. The van der Waals surface area contributed by atoms with Crippen LogP contribution in [0.3, 0.4) is 0 Å². The third-order valence-electron chi connectivity index (χ3n) is 2.79.